The molecule has 1 amide bonds. The lowest BCUT2D eigenvalue weighted by Crippen LogP contribution is -2.37. The van der Waals surface area contributed by atoms with Crippen molar-refractivity contribution >= 4 is 39.7 Å². The first-order valence-electron chi connectivity index (χ1n) is 9.05. The summed E-state index contributed by atoms with van der Waals surface area (Å²) in [5, 5.41) is 13.2. The first-order valence-corrected chi connectivity index (χ1v) is 10.0. The molecule has 1 unspecified atom stereocenters. The van der Waals surface area contributed by atoms with Gasteiger partial charge < -0.3 is 9.88 Å². The molecule has 0 spiro atoms. The van der Waals surface area contributed by atoms with Crippen molar-refractivity contribution in [2.24, 2.45) is 5.92 Å². The van der Waals surface area contributed by atoms with Gasteiger partial charge in [0, 0.05) is 18.0 Å². The van der Waals surface area contributed by atoms with Crippen LogP contribution in [0.1, 0.15) is 34.1 Å². The van der Waals surface area contributed by atoms with Crippen LogP contribution in [0.5, 0.6) is 0 Å². The summed E-state index contributed by atoms with van der Waals surface area (Å²) in [5.41, 5.74) is 2.77. The third kappa shape index (κ3) is 3.82. The summed E-state index contributed by atoms with van der Waals surface area (Å²) in [6.07, 6.45) is 1.01. The number of rotatable bonds is 7. The standard InChI is InChI=1S/C19H25N5OS/c1-5-10-24-15-9-7-6-8-14(15)17-18(24)21-19(23-22-17)26-11-16(25)20-13(4)12(2)3/h6-9,12-13H,5,10-11H2,1-4H3,(H,20,25). The Morgan fingerprint density at radius 1 is 1.23 bits per heavy atom. The summed E-state index contributed by atoms with van der Waals surface area (Å²) in [7, 11) is 0. The van der Waals surface area contributed by atoms with Crippen molar-refractivity contribution in [2.45, 2.75) is 51.9 Å². The molecule has 6 nitrogen and oxygen atoms in total. The van der Waals surface area contributed by atoms with Crippen LogP contribution in [-0.4, -0.2) is 37.5 Å². The highest BCUT2D eigenvalue weighted by atomic mass is 32.2. The quantitative estimate of drug-likeness (QED) is 0.642. The summed E-state index contributed by atoms with van der Waals surface area (Å²) in [4.78, 5) is 16.8. The van der Waals surface area contributed by atoms with Crippen LogP contribution in [0.15, 0.2) is 29.4 Å². The zero-order chi connectivity index (χ0) is 18.7. The molecule has 0 radical (unpaired) electrons. The predicted octanol–water partition coefficient (Wildman–Crippen LogP) is 3.64. The Hall–Kier alpha value is -2.15. The van der Waals surface area contributed by atoms with Crippen molar-refractivity contribution in [3.05, 3.63) is 24.3 Å². The van der Waals surface area contributed by atoms with E-state index in [-0.39, 0.29) is 17.7 Å². The van der Waals surface area contributed by atoms with E-state index in [1.54, 1.807) is 0 Å². The highest BCUT2D eigenvalue weighted by molar-refractivity contribution is 7.99. The first-order chi connectivity index (χ1) is 12.5. The van der Waals surface area contributed by atoms with Gasteiger partial charge in [-0.3, -0.25) is 4.79 Å². The van der Waals surface area contributed by atoms with Gasteiger partial charge in [-0.05, 0) is 25.3 Å². The summed E-state index contributed by atoms with van der Waals surface area (Å²) in [6, 6.07) is 8.31. The minimum Gasteiger partial charge on any atom is -0.353 e. The molecule has 3 rings (SSSR count). The third-order valence-electron chi connectivity index (χ3n) is 4.52. The molecule has 0 bridgehead atoms. The fourth-order valence-electron chi connectivity index (χ4n) is 2.79. The van der Waals surface area contributed by atoms with Crippen LogP contribution in [-0.2, 0) is 11.3 Å². The average Bonchev–Trinajstić information content (AvgIpc) is 2.94. The van der Waals surface area contributed by atoms with Crippen LogP contribution in [0.3, 0.4) is 0 Å². The maximum Gasteiger partial charge on any atom is 0.230 e. The molecule has 0 aliphatic carbocycles. The molecule has 0 aliphatic rings. The predicted molar refractivity (Wildman–Crippen MR) is 106 cm³/mol. The van der Waals surface area contributed by atoms with E-state index in [1.807, 2.05) is 25.1 Å². The molecular formula is C19H25N5OS. The number of amides is 1. The van der Waals surface area contributed by atoms with Gasteiger partial charge in [-0.25, -0.2) is 4.98 Å². The Bertz CT molecular complexity index is 921. The van der Waals surface area contributed by atoms with E-state index in [4.69, 9.17) is 0 Å². The fraction of sp³-hybridized carbons (Fsp3) is 0.474. The number of carbonyl (C=O) groups is 1. The van der Waals surface area contributed by atoms with Crippen molar-refractivity contribution in [1.29, 1.82) is 0 Å². The number of hydrogen-bond acceptors (Lipinski definition) is 5. The van der Waals surface area contributed by atoms with E-state index >= 15 is 0 Å². The molecule has 26 heavy (non-hydrogen) atoms. The Labute approximate surface area is 157 Å². The molecule has 3 aromatic rings. The molecule has 0 fully saturated rings. The van der Waals surface area contributed by atoms with Crippen LogP contribution >= 0.6 is 11.8 Å². The van der Waals surface area contributed by atoms with Gasteiger partial charge in [0.15, 0.2) is 5.65 Å². The number of nitrogens with zero attached hydrogens (tertiary/aromatic N) is 4. The minimum absolute atomic E-state index is 0.00556. The lowest BCUT2D eigenvalue weighted by Gasteiger charge is -2.16. The second-order valence-corrected chi connectivity index (χ2v) is 7.77. The second-order valence-electron chi connectivity index (χ2n) is 6.82. The zero-order valence-electron chi connectivity index (χ0n) is 15.7. The van der Waals surface area contributed by atoms with Crippen LogP contribution in [0, 0.1) is 5.92 Å². The van der Waals surface area contributed by atoms with Crippen molar-refractivity contribution in [2.75, 3.05) is 5.75 Å². The van der Waals surface area contributed by atoms with Crippen molar-refractivity contribution < 1.29 is 4.79 Å². The summed E-state index contributed by atoms with van der Waals surface area (Å²) in [6.45, 7) is 9.21. The number of fused-ring (bicyclic) bond motifs is 3. The monoisotopic (exact) mass is 371 g/mol. The Balaban J connectivity index is 1.84. The van der Waals surface area contributed by atoms with E-state index in [0.717, 1.165) is 35.0 Å². The number of nitrogens with one attached hydrogen (secondary N) is 1. The molecule has 2 aromatic heterocycles. The van der Waals surface area contributed by atoms with Crippen molar-refractivity contribution in [3.63, 3.8) is 0 Å². The van der Waals surface area contributed by atoms with Gasteiger partial charge in [0.25, 0.3) is 0 Å². The van der Waals surface area contributed by atoms with E-state index in [0.29, 0.717) is 11.1 Å². The summed E-state index contributed by atoms with van der Waals surface area (Å²) < 4.78 is 2.18. The van der Waals surface area contributed by atoms with Gasteiger partial charge >= 0.3 is 0 Å². The van der Waals surface area contributed by atoms with Gasteiger partial charge in [-0.15, -0.1) is 10.2 Å². The molecule has 0 aliphatic heterocycles. The van der Waals surface area contributed by atoms with E-state index in [1.165, 1.54) is 11.8 Å². The molecule has 1 aromatic carbocycles. The highest BCUT2D eigenvalue weighted by Crippen LogP contribution is 2.27. The van der Waals surface area contributed by atoms with Crippen molar-refractivity contribution in [3.8, 4) is 0 Å². The average molecular weight is 372 g/mol. The van der Waals surface area contributed by atoms with Gasteiger partial charge in [0.1, 0.15) is 5.52 Å². The number of hydrogen-bond donors (Lipinski definition) is 1. The molecule has 0 saturated heterocycles. The van der Waals surface area contributed by atoms with Crippen LogP contribution in [0.4, 0.5) is 0 Å². The van der Waals surface area contributed by atoms with E-state index in [2.05, 4.69) is 51.9 Å². The molecule has 1 atom stereocenters. The summed E-state index contributed by atoms with van der Waals surface area (Å²) >= 11 is 1.32. The highest BCUT2D eigenvalue weighted by Gasteiger charge is 2.16. The first kappa shape index (κ1) is 18.6. The molecule has 138 valence electrons. The number of benzene rings is 1. The maximum absolute atomic E-state index is 12.1. The third-order valence-corrected chi connectivity index (χ3v) is 5.36. The molecule has 1 N–H and O–H groups in total. The van der Waals surface area contributed by atoms with Crippen LogP contribution < -0.4 is 5.32 Å². The maximum atomic E-state index is 12.1. The lowest BCUT2D eigenvalue weighted by atomic mass is 10.1. The SMILES string of the molecule is CCCn1c2ccccc2c2nnc(SCC(=O)NC(C)C(C)C)nc21. The van der Waals surface area contributed by atoms with E-state index < -0.39 is 0 Å². The fourth-order valence-corrected chi connectivity index (χ4v) is 3.39. The summed E-state index contributed by atoms with van der Waals surface area (Å²) in [5.74, 6) is 0.690. The second kappa shape index (κ2) is 8.03. The molecular weight excluding hydrogens is 346 g/mol. The number of thioether (sulfide) groups is 1. The Morgan fingerprint density at radius 2 is 2.00 bits per heavy atom. The number of para-hydroxylation sites is 1. The molecule has 2 heterocycles. The smallest absolute Gasteiger partial charge is 0.230 e. The minimum atomic E-state index is -0.00556. The Morgan fingerprint density at radius 3 is 2.73 bits per heavy atom. The largest absolute Gasteiger partial charge is 0.353 e. The lowest BCUT2D eigenvalue weighted by molar-refractivity contribution is -0.119. The topological polar surface area (TPSA) is 72.7 Å². The normalized spacial score (nSPS) is 12.8. The number of carbonyl (C=O) groups excluding carboxylic acids is 1. The van der Waals surface area contributed by atoms with E-state index in [9.17, 15) is 4.79 Å². The van der Waals surface area contributed by atoms with Crippen LogP contribution in [0.2, 0.25) is 0 Å². The van der Waals surface area contributed by atoms with Gasteiger partial charge in [0.2, 0.25) is 11.1 Å². The van der Waals surface area contributed by atoms with Gasteiger partial charge in [-0.1, -0.05) is 50.7 Å². The van der Waals surface area contributed by atoms with Crippen molar-refractivity contribution in [1.82, 2.24) is 25.1 Å². The van der Waals surface area contributed by atoms with Crippen LogP contribution in [0.25, 0.3) is 22.1 Å². The van der Waals surface area contributed by atoms with Gasteiger partial charge in [-0.2, -0.15) is 0 Å². The number of aromatic nitrogens is 4. The number of aryl methyl sites for hydroxylation is 1. The Kier molecular flexibility index (Phi) is 5.76. The molecule has 0 saturated carbocycles. The zero-order valence-corrected chi connectivity index (χ0v) is 16.5. The molecule has 7 heteroatoms. The van der Waals surface area contributed by atoms with Gasteiger partial charge in [0.05, 0.1) is 11.3 Å².